The van der Waals surface area contributed by atoms with E-state index in [-0.39, 0.29) is 18.2 Å². The SMILES string of the molecule is COc1ccccc1N1C(=O)/C(=C\c2ccc(OCc3ccc([N+](=O)[O-])cc3)cc2)SC1=S. The van der Waals surface area contributed by atoms with Gasteiger partial charge in [-0.05, 0) is 53.6 Å². The van der Waals surface area contributed by atoms with Crippen molar-refractivity contribution in [3.05, 3.63) is 98.9 Å². The Morgan fingerprint density at radius 1 is 1.06 bits per heavy atom. The number of nitrogens with zero attached hydrogens (tertiary/aromatic N) is 2. The summed E-state index contributed by atoms with van der Waals surface area (Å²) in [6.45, 7) is 0.287. The number of rotatable bonds is 7. The van der Waals surface area contributed by atoms with Crippen molar-refractivity contribution >= 4 is 51.7 Å². The molecule has 0 aromatic heterocycles. The van der Waals surface area contributed by atoms with Crippen LogP contribution in [-0.2, 0) is 11.4 Å². The molecule has 1 aliphatic heterocycles. The molecule has 1 heterocycles. The zero-order chi connectivity index (χ0) is 23.4. The topological polar surface area (TPSA) is 81.9 Å². The molecule has 0 bridgehead atoms. The van der Waals surface area contributed by atoms with Crippen molar-refractivity contribution in [1.82, 2.24) is 0 Å². The molecule has 3 aromatic carbocycles. The summed E-state index contributed by atoms with van der Waals surface area (Å²) in [5.41, 5.74) is 2.31. The second kappa shape index (κ2) is 9.85. The molecule has 0 spiro atoms. The van der Waals surface area contributed by atoms with Gasteiger partial charge in [0.25, 0.3) is 11.6 Å². The van der Waals surface area contributed by atoms with Gasteiger partial charge in [-0.15, -0.1) is 0 Å². The van der Waals surface area contributed by atoms with Crippen molar-refractivity contribution in [2.45, 2.75) is 6.61 Å². The predicted molar refractivity (Wildman–Crippen MR) is 133 cm³/mol. The Balaban J connectivity index is 1.43. The molecule has 1 fully saturated rings. The van der Waals surface area contributed by atoms with Crippen molar-refractivity contribution in [3.8, 4) is 11.5 Å². The van der Waals surface area contributed by atoms with Gasteiger partial charge in [0.05, 0.1) is 22.6 Å². The van der Waals surface area contributed by atoms with Crippen LogP contribution in [0.5, 0.6) is 11.5 Å². The van der Waals surface area contributed by atoms with E-state index < -0.39 is 4.92 Å². The lowest BCUT2D eigenvalue weighted by molar-refractivity contribution is -0.384. The van der Waals surface area contributed by atoms with E-state index in [9.17, 15) is 14.9 Å². The molecule has 0 N–H and O–H groups in total. The number of hydrogen-bond acceptors (Lipinski definition) is 7. The molecule has 166 valence electrons. The lowest BCUT2D eigenvalue weighted by Crippen LogP contribution is -2.27. The third-order valence-electron chi connectivity index (χ3n) is 4.85. The van der Waals surface area contributed by atoms with Crippen LogP contribution in [0.4, 0.5) is 11.4 Å². The highest BCUT2D eigenvalue weighted by atomic mass is 32.2. The predicted octanol–water partition coefficient (Wildman–Crippen LogP) is 5.59. The number of nitro groups is 1. The summed E-state index contributed by atoms with van der Waals surface area (Å²) in [7, 11) is 1.55. The van der Waals surface area contributed by atoms with Crippen molar-refractivity contribution in [2.24, 2.45) is 0 Å². The molecule has 1 saturated heterocycles. The summed E-state index contributed by atoms with van der Waals surface area (Å²) in [6.07, 6.45) is 1.79. The lowest BCUT2D eigenvalue weighted by Gasteiger charge is -2.17. The van der Waals surface area contributed by atoms with E-state index in [0.717, 1.165) is 11.1 Å². The summed E-state index contributed by atoms with van der Waals surface area (Å²) in [5.74, 6) is 1.02. The number of thiocarbonyl (C=S) groups is 1. The normalized spacial score (nSPS) is 14.6. The number of benzene rings is 3. The van der Waals surface area contributed by atoms with Gasteiger partial charge in [0.2, 0.25) is 0 Å². The fraction of sp³-hybridized carbons (Fsp3) is 0.0833. The smallest absolute Gasteiger partial charge is 0.270 e. The Kier molecular flexibility index (Phi) is 6.71. The highest BCUT2D eigenvalue weighted by molar-refractivity contribution is 8.27. The van der Waals surface area contributed by atoms with E-state index in [1.165, 1.54) is 28.8 Å². The zero-order valence-electron chi connectivity index (χ0n) is 17.5. The van der Waals surface area contributed by atoms with Crippen molar-refractivity contribution < 1.29 is 19.2 Å². The van der Waals surface area contributed by atoms with E-state index in [1.54, 1.807) is 49.6 Å². The van der Waals surface area contributed by atoms with Gasteiger partial charge >= 0.3 is 0 Å². The third-order valence-corrected chi connectivity index (χ3v) is 6.15. The van der Waals surface area contributed by atoms with Gasteiger partial charge in [-0.25, -0.2) is 0 Å². The maximum absolute atomic E-state index is 13.0. The standard InChI is InChI=1S/C24H18N2O5S2/c1-30-21-5-3-2-4-20(21)25-23(27)22(33-24(25)32)14-16-8-12-19(13-9-16)31-15-17-6-10-18(11-7-17)26(28)29/h2-14H,15H2,1H3/b22-14+. The lowest BCUT2D eigenvalue weighted by atomic mass is 10.2. The van der Waals surface area contributed by atoms with Crippen LogP contribution in [0.1, 0.15) is 11.1 Å². The average Bonchev–Trinajstić information content (AvgIpc) is 3.11. The number of carbonyl (C=O) groups excluding carboxylic acids is 1. The fourth-order valence-electron chi connectivity index (χ4n) is 3.18. The monoisotopic (exact) mass is 478 g/mol. The molecule has 7 nitrogen and oxygen atoms in total. The second-order valence-electron chi connectivity index (χ2n) is 6.97. The number of thioether (sulfide) groups is 1. The Hall–Kier alpha value is -3.69. The van der Waals surface area contributed by atoms with Gasteiger partial charge in [-0.3, -0.25) is 19.8 Å². The largest absolute Gasteiger partial charge is 0.495 e. The molecule has 0 aliphatic carbocycles. The minimum absolute atomic E-state index is 0.0409. The third kappa shape index (κ3) is 5.05. The Morgan fingerprint density at radius 2 is 1.76 bits per heavy atom. The van der Waals surface area contributed by atoms with Crippen molar-refractivity contribution in [2.75, 3.05) is 12.0 Å². The molecule has 3 aromatic rings. The van der Waals surface area contributed by atoms with Crippen LogP contribution in [0.2, 0.25) is 0 Å². The summed E-state index contributed by atoms with van der Waals surface area (Å²) in [5, 5.41) is 10.7. The summed E-state index contributed by atoms with van der Waals surface area (Å²) >= 11 is 6.68. The van der Waals surface area contributed by atoms with Gasteiger partial charge < -0.3 is 9.47 Å². The van der Waals surface area contributed by atoms with Gasteiger partial charge in [-0.1, -0.05) is 48.2 Å². The maximum Gasteiger partial charge on any atom is 0.270 e. The van der Waals surface area contributed by atoms with E-state index in [0.29, 0.717) is 26.4 Å². The Labute approximate surface area is 199 Å². The first-order chi connectivity index (χ1) is 16.0. The Morgan fingerprint density at radius 3 is 2.42 bits per heavy atom. The van der Waals surface area contributed by atoms with Crippen LogP contribution < -0.4 is 14.4 Å². The quantitative estimate of drug-likeness (QED) is 0.190. The van der Waals surface area contributed by atoms with E-state index in [2.05, 4.69) is 0 Å². The number of hydrogen-bond donors (Lipinski definition) is 0. The number of non-ortho nitro benzene ring substituents is 1. The molecule has 0 unspecified atom stereocenters. The molecule has 1 aliphatic rings. The van der Waals surface area contributed by atoms with Crippen LogP contribution in [-0.4, -0.2) is 22.3 Å². The van der Waals surface area contributed by atoms with Crippen molar-refractivity contribution in [3.63, 3.8) is 0 Å². The number of ether oxygens (including phenoxy) is 2. The molecule has 33 heavy (non-hydrogen) atoms. The number of carbonyl (C=O) groups is 1. The zero-order valence-corrected chi connectivity index (χ0v) is 19.1. The molecule has 0 radical (unpaired) electrons. The average molecular weight is 479 g/mol. The van der Waals surface area contributed by atoms with Crippen molar-refractivity contribution in [1.29, 1.82) is 0 Å². The first kappa shape index (κ1) is 22.5. The number of para-hydroxylation sites is 2. The van der Waals surface area contributed by atoms with E-state index >= 15 is 0 Å². The van der Waals surface area contributed by atoms with Gasteiger partial charge in [0.15, 0.2) is 4.32 Å². The highest BCUT2D eigenvalue weighted by Gasteiger charge is 2.34. The molecule has 1 amide bonds. The maximum atomic E-state index is 13.0. The van der Waals surface area contributed by atoms with E-state index in [4.69, 9.17) is 21.7 Å². The molecule has 4 rings (SSSR count). The molecule has 9 heteroatoms. The fourth-order valence-corrected chi connectivity index (χ4v) is 4.47. The van der Waals surface area contributed by atoms with Gasteiger partial charge in [-0.2, -0.15) is 0 Å². The number of anilines is 1. The Bertz CT molecular complexity index is 1240. The van der Waals surface area contributed by atoms with Crippen LogP contribution in [0.25, 0.3) is 6.08 Å². The molecule has 0 atom stereocenters. The second-order valence-corrected chi connectivity index (χ2v) is 8.65. The minimum atomic E-state index is -0.437. The molecule has 0 saturated carbocycles. The minimum Gasteiger partial charge on any atom is -0.495 e. The molecular formula is C24H18N2O5S2. The summed E-state index contributed by atoms with van der Waals surface area (Å²) in [4.78, 5) is 25.3. The summed E-state index contributed by atoms with van der Waals surface area (Å²) < 4.78 is 11.6. The first-order valence-corrected chi connectivity index (χ1v) is 11.1. The van der Waals surface area contributed by atoms with Gasteiger partial charge in [0, 0.05) is 12.1 Å². The van der Waals surface area contributed by atoms with E-state index in [1.807, 2.05) is 24.3 Å². The van der Waals surface area contributed by atoms with Crippen LogP contribution >= 0.6 is 24.0 Å². The first-order valence-electron chi connectivity index (χ1n) is 9.83. The number of nitro benzene ring substituents is 1. The highest BCUT2D eigenvalue weighted by Crippen LogP contribution is 2.39. The van der Waals surface area contributed by atoms with Crippen LogP contribution in [0, 0.1) is 10.1 Å². The summed E-state index contributed by atoms with van der Waals surface area (Å²) in [6, 6.07) is 20.8. The number of methoxy groups -OCH3 is 1. The van der Waals surface area contributed by atoms with Gasteiger partial charge in [0.1, 0.15) is 18.1 Å². The number of amides is 1. The molecular weight excluding hydrogens is 460 g/mol. The van der Waals surface area contributed by atoms with Crippen LogP contribution in [0.3, 0.4) is 0 Å². The van der Waals surface area contributed by atoms with Crippen LogP contribution in [0.15, 0.2) is 77.7 Å².